The van der Waals surface area contributed by atoms with Crippen molar-refractivity contribution in [1.29, 1.82) is 0 Å². The summed E-state index contributed by atoms with van der Waals surface area (Å²) < 4.78 is 14.1. The summed E-state index contributed by atoms with van der Waals surface area (Å²) in [4.78, 5) is 12.1. The number of anilines is 1. The summed E-state index contributed by atoms with van der Waals surface area (Å²) in [5.74, 6) is -0.738. The molecule has 0 saturated carbocycles. The van der Waals surface area contributed by atoms with Crippen LogP contribution >= 0.6 is 0 Å². The lowest BCUT2D eigenvalue weighted by molar-refractivity contribution is -0.116. The van der Waals surface area contributed by atoms with Gasteiger partial charge in [-0.2, -0.15) is 0 Å². The molecule has 0 saturated heterocycles. The second-order valence-electron chi connectivity index (χ2n) is 5.44. The van der Waals surface area contributed by atoms with Crippen molar-refractivity contribution in [2.45, 2.75) is 12.3 Å². The van der Waals surface area contributed by atoms with Gasteiger partial charge in [0.05, 0.1) is 5.69 Å². The van der Waals surface area contributed by atoms with Gasteiger partial charge in [-0.3, -0.25) is 4.79 Å². The monoisotopic (exact) mass is 289 g/mol. The Morgan fingerprint density at radius 1 is 1.05 bits per heavy atom. The predicted molar refractivity (Wildman–Crippen MR) is 83.1 cm³/mol. The van der Waals surface area contributed by atoms with E-state index in [-0.39, 0.29) is 24.1 Å². The van der Waals surface area contributed by atoms with E-state index >= 15 is 0 Å². The zero-order chi connectivity index (χ0) is 15.1. The van der Waals surface area contributed by atoms with E-state index in [4.69, 9.17) is 0 Å². The van der Waals surface area contributed by atoms with Crippen LogP contribution in [0.25, 0.3) is 10.8 Å². The summed E-state index contributed by atoms with van der Waals surface area (Å²) in [6.07, 6.45) is 0.236. The second-order valence-corrected chi connectivity index (χ2v) is 5.44. The Bertz CT molecular complexity index is 887. The van der Waals surface area contributed by atoms with Crippen molar-refractivity contribution in [3.8, 4) is 0 Å². The normalized spacial score (nSPS) is 16.8. The molecule has 106 valence electrons. The Labute approximate surface area is 127 Å². The molecule has 3 heteroatoms. The zero-order valence-electron chi connectivity index (χ0n) is 11.7. The topological polar surface area (TPSA) is 29.1 Å². The summed E-state index contributed by atoms with van der Waals surface area (Å²) in [5.41, 5.74) is 2.22. The molecule has 1 heterocycles. The fraction of sp³-hybridized carbons (Fsp3) is 0.105. The molecule has 3 aromatic carbocycles. The number of halogens is 1. The van der Waals surface area contributed by atoms with Gasteiger partial charge in [-0.15, -0.1) is 0 Å². The lowest BCUT2D eigenvalue weighted by atomic mass is 9.83. The predicted octanol–water partition coefficient (Wildman–Crippen LogP) is 4.05. The molecule has 4 rings (SSSR count). The maximum atomic E-state index is 14.1. The maximum absolute atomic E-state index is 14.1. The highest BCUT2D eigenvalue weighted by molar-refractivity contribution is 6.06. The molecular formula is C19H12FNO. The number of carbonyl (C=O) groups is 1. The van der Waals surface area contributed by atoms with Crippen molar-refractivity contribution in [2.24, 2.45) is 0 Å². The third-order valence-corrected chi connectivity index (χ3v) is 4.15. The molecule has 1 amide bonds. The number of benzene rings is 2. The summed E-state index contributed by atoms with van der Waals surface area (Å²) in [7, 11) is 0. The highest BCUT2D eigenvalue weighted by Gasteiger charge is 2.29. The van der Waals surface area contributed by atoms with Crippen molar-refractivity contribution < 1.29 is 9.18 Å². The van der Waals surface area contributed by atoms with Crippen molar-refractivity contribution in [3.05, 3.63) is 77.6 Å². The quantitative estimate of drug-likeness (QED) is 0.719. The van der Waals surface area contributed by atoms with Crippen LogP contribution in [0.1, 0.15) is 23.5 Å². The Hall–Kier alpha value is -2.86. The van der Waals surface area contributed by atoms with Crippen LogP contribution in [0, 0.1) is 17.9 Å². The molecule has 0 radical (unpaired) electrons. The standard InChI is InChI=1S/C19H12FNO/c20-17-8-4-3-7-14(17)16-11-18(22)21-19-13-6-2-1-5-12(13)9-10-15(16)19/h1-2,5-10,16H,11H2,(H,21,22). The molecule has 3 aromatic rings. The Kier molecular flexibility index (Phi) is 2.83. The van der Waals surface area contributed by atoms with E-state index < -0.39 is 0 Å². The van der Waals surface area contributed by atoms with Gasteiger partial charge in [0.25, 0.3) is 0 Å². The average molecular weight is 289 g/mol. The molecule has 0 bridgehead atoms. The third-order valence-electron chi connectivity index (χ3n) is 4.15. The van der Waals surface area contributed by atoms with Crippen LogP contribution in [-0.2, 0) is 4.79 Å². The molecule has 1 atom stereocenters. The minimum absolute atomic E-state index is 0.0962. The summed E-state index contributed by atoms with van der Waals surface area (Å²) in [6.45, 7) is 0. The first-order valence-corrected chi connectivity index (χ1v) is 7.12. The number of hydrogen-bond donors (Lipinski definition) is 1. The van der Waals surface area contributed by atoms with E-state index in [9.17, 15) is 9.18 Å². The van der Waals surface area contributed by atoms with Gasteiger partial charge >= 0.3 is 0 Å². The van der Waals surface area contributed by atoms with Crippen molar-refractivity contribution in [2.75, 3.05) is 5.32 Å². The molecule has 1 aliphatic heterocycles. The highest BCUT2D eigenvalue weighted by atomic mass is 19.1. The number of amides is 1. The van der Waals surface area contributed by atoms with E-state index in [1.165, 1.54) is 6.07 Å². The Morgan fingerprint density at radius 2 is 1.86 bits per heavy atom. The minimum Gasteiger partial charge on any atom is -0.325 e. The summed E-state index contributed by atoms with van der Waals surface area (Å²) >= 11 is 0. The average Bonchev–Trinajstić information content (AvgIpc) is 2.54. The molecule has 22 heavy (non-hydrogen) atoms. The van der Waals surface area contributed by atoms with Gasteiger partial charge in [0.1, 0.15) is 5.82 Å². The van der Waals surface area contributed by atoms with Crippen molar-refractivity contribution >= 4 is 22.4 Å². The molecule has 1 unspecified atom stereocenters. The molecular weight excluding hydrogens is 277 g/mol. The van der Waals surface area contributed by atoms with Gasteiger partial charge in [-0.05, 0) is 17.0 Å². The lowest BCUT2D eigenvalue weighted by Crippen LogP contribution is -2.24. The molecule has 0 fully saturated rings. The number of nitrogens with one attached hydrogen (secondary N) is 1. The van der Waals surface area contributed by atoms with Crippen LogP contribution in [0.5, 0.6) is 0 Å². The van der Waals surface area contributed by atoms with Crippen molar-refractivity contribution in [3.63, 3.8) is 0 Å². The first kappa shape index (κ1) is 12.8. The molecule has 2 nitrogen and oxygen atoms in total. The number of rotatable bonds is 1. The third kappa shape index (κ3) is 1.93. The number of carbonyl (C=O) groups excluding carboxylic acids is 1. The summed E-state index contributed by atoms with van der Waals surface area (Å²) in [6, 6.07) is 20.1. The van der Waals surface area contributed by atoms with E-state index in [1.807, 2.05) is 36.4 Å². The molecule has 1 N–H and O–H groups in total. The largest absolute Gasteiger partial charge is 0.325 e. The Balaban J connectivity index is 1.97. The van der Waals surface area contributed by atoms with Gasteiger partial charge < -0.3 is 5.32 Å². The minimum atomic E-state index is -0.349. The van der Waals surface area contributed by atoms with Crippen LogP contribution in [0.4, 0.5) is 10.1 Å². The first-order valence-electron chi connectivity index (χ1n) is 7.12. The first-order chi connectivity index (χ1) is 10.7. The highest BCUT2D eigenvalue weighted by Crippen LogP contribution is 2.41. The van der Waals surface area contributed by atoms with E-state index in [1.54, 1.807) is 6.07 Å². The molecule has 1 aliphatic rings. The van der Waals surface area contributed by atoms with Crippen LogP contribution in [0.15, 0.2) is 48.5 Å². The van der Waals surface area contributed by atoms with Gasteiger partial charge in [0.2, 0.25) is 5.91 Å². The zero-order valence-corrected chi connectivity index (χ0v) is 11.7. The van der Waals surface area contributed by atoms with Crippen LogP contribution in [-0.4, -0.2) is 5.91 Å². The van der Waals surface area contributed by atoms with Crippen molar-refractivity contribution in [1.82, 2.24) is 0 Å². The van der Waals surface area contributed by atoms with Gasteiger partial charge in [-0.25, -0.2) is 4.39 Å². The number of hydrogen-bond acceptors (Lipinski definition) is 1. The van der Waals surface area contributed by atoms with E-state index in [0.717, 1.165) is 22.0 Å². The van der Waals surface area contributed by atoms with Gasteiger partial charge in [-0.1, -0.05) is 48.5 Å². The molecule has 0 aromatic heterocycles. The van der Waals surface area contributed by atoms with Gasteiger partial charge in [0.15, 0.2) is 0 Å². The maximum Gasteiger partial charge on any atom is 0.225 e. The fourth-order valence-corrected chi connectivity index (χ4v) is 3.13. The summed E-state index contributed by atoms with van der Waals surface area (Å²) in [5, 5.41) is 4.97. The van der Waals surface area contributed by atoms with E-state index in [2.05, 4.69) is 17.4 Å². The smallest absolute Gasteiger partial charge is 0.225 e. The van der Waals surface area contributed by atoms with Gasteiger partial charge in [0, 0.05) is 29.4 Å². The number of fused-ring (bicyclic) bond motifs is 3. The van der Waals surface area contributed by atoms with Crippen LogP contribution in [0.2, 0.25) is 0 Å². The second kappa shape index (κ2) is 4.85. The van der Waals surface area contributed by atoms with Crippen LogP contribution < -0.4 is 5.32 Å². The molecule has 0 spiro atoms. The lowest BCUT2D eigenvalue weighted by Gasteiger charge is -2.27. The molecule has 0 aliphatic carbocycles. The Morgan fingerprint density at radius 3 is 2.73 bits per heavy atom. The SMILES string of the molecule is O=C1CC(c2cc#ccc2F)c2ccc3ccccc3c2N1. The van der Waals surface area contributed by atoms with Crippen LogP contribution in [0.3, 0.4) is 0 Å². The van der Waals surface area contributed by atoms with E-state index in [0.29, 0.717) is 5.56 Å². The fourth-order valence-electron chi connectivity index (χ4n) is 3.13.